The SMILES string of the molecule is Cc1nn2c(C)c(C(=O)Nc3ccc4c(c3)OCCO4)cnc2c1-c1ccccc1. The Morgan fingerprint density at radius 1 is 1.03 bits per heavy atom. The van der Waals surface area contributed by atoms with Crippen molar-refractivity contribution >= 4 is 17.2 Å². The molecule has 3 heterocycles. The summed E-state index contributed by atoms with van der Waals surface area (Å²) in [5.74, 6) is 1.05. The lowest BCUT2D eigenvalue weighted by atomic mass is 10.1. The number of amides is 1. The van der Waals surface area contributed by atoms with Crippen LogP contribution < -0.4 is 14.8 Å². The van der Waals surface area contributed by atoms with E-state index in [9.17, 15) is 4.79 Å². The van der Waals surface area contributed by atoms with E-state index in [1.807, 2.05) is 44.2 Å². The van der Waals surface area contributed by atoms with E-state index in [1.165, 1.54) is 0 Å². The molecule has 0 aliphatic carbocycles. The van der Waals surface area contributed by atoms with Crippen molar-refractivity contribution in [3.05, 3.63) is 71.7 Å². The largest absolute Gasteiger partial charge is 0.486 e. The molecule has 2 aromatic carbocycles. The van der Waals surface area contributed by atoms with Crippen molar-refractivity contribution in [3.63, 3.8) is 0 Å². The van der Waals surface area contributed by atoms with Gasteiger partial charge in [-0.2, -0.15) is 5.10 Å². The molecular weight excluding hydrogens is 380 g/mol. The summed E-state index contributed by atoms with van der Waals surface area (Å²) in [5.41, 5.74) is 5.42. The zero-order valence-corrected chi connectivity index (χ0v) is 16.7. The van der Waals surface area contributed by atoms with Gasteiger partial charge in [-0.3, -0.25) is 4.79 Å². The van der Waals surface area contributed by atoms with Gasteiger partial charge in [0.05, 0.1) is 17.0 Å². The molecule has 0 fully saturated rings. The lowest BCUT2D eigenvalue weighted by molar-refractivity contribution is 0.102. The van der Waals surface area contributed by atoms with Crippen LogP contribution in [0.3, 0.4) is 0 Å². The number of hydrogen-bond donors (Lipinski definition) is 1. The number of carbonyl (C=O) groups is 1. The number of aryl methyl sites for hydroxylation is 2. The van der Waals surface area contributed by atoms with Crippen molar-refractivity contribution in [1.29, 1.82) is 0 Å². The summed E-state index contributed by atoms with van der Waals surface area (Å²) in [6.45, 7) is 4.84. The number of nitrogens with zero attached hydrogens (tertiary/aromatic N) is 3. The smallest absolute Gasteiger partial charge is 0.259 e. The van der Waals surface area contributed by atoms with Gasteiger partial charge in [-0.1, -0.05) is 30.3 Å². The number of anilines is 1. The molecule has 1 aliphatic heterocycles. The Hall–Kier alpha value is -3.87. The molecular formula is C23H20N4O3. The average Bonchev–Trinajstić information content (AvgIpc) is 3.11. The normalized spacial score (nSPS) is 12.7. The number of hydrogen-bond acceptors (Lipinski definition) is 5. The molecule has 0 spiro atoms. The van der Waals surface area contributed by atoms with Crippen LogP contribution in [0.1, 0.15) is 21.7 Å². The van der Waals surface area contributed by atoms with Crippen LogP contribution in [0.25, 0.3) is 16.8 Å². The molecule has 0 saturated heterocycles. The molecule has 1 aliphatic rings. The maximum Gasteiger partial charge on any atom is 0.259 e. The van der Waals surface area contributed by atoms with Crippen LogP contribution in [-0.4, -0.2) is 33.7 Å². The van der Waals surface area contributed by atoms with Gasteiger partial charge in [0, 0.05) is 23.5 Å². The van der Waals surface area contributed by atoms with Crippen LogP contribution in [0.2, 0.25) is 0 Å². The molecule has 7 nitrogen and oxygen atoms in total. The summed E-state index contributed by atoms with van der Waals surface area (Å²) >= 11 is 0. The molecule has 1 N–H and O–H groups in total. The van der Waals surface area contributed by atoms with Crippen molar-refractivity contribution < 1.29 is 14.3 Å². The van der Waals surface area contributed by atoms with Gasteiger partial charge in [0.2, 0.25) is 0 Å². The molecule has 150 valence electrons. The van der Waals surface area contributed by atoms with Crippen molar-refractivity contribution in [2.45, 2.75) is 13.8 Å². The highest BCUT2D eigenvalue weighted by molar-refractivity contribution is 6.05. The van der Waals surface area contributed by atoms with Crippen molar-refractivity contribution in [3.8, 4) is 22.6 Å². The van der Waals surface area contributed by atoms with Crippen molar-refractivity contribution in [1.82, 2.24) is 14.6 Å². The summed E-state index contributed by atoms with van der Waals surface area (Å²) in [6.07, 6.45) is 1.60. The number of rotatable bonds is 3. The van der Waals surface area contributed by atoms with Gasteiger partial charge in [-0.15, -0.1) is 0 Å². The van der Waals surface area contributed by atoms with Crippen LogP contribution >= 0.6 is 0 Å². The maximum absolute atomic E-state index is 12.9. The molecule has 0 bridgehead atoms. The Kier molecular flexibility index (Phi) is 4.35. The number of carbonyl (C=O) groups excluding carboxylic acids is 1. The van der Waals surface area contributed by atoms with Crippen LogP contribution in [0.5, 0.6) is 11.5 Å². The molecule has 0 radical (unpaired) electrons. The van der Waals surface area contributed by atoms with E-state index < -0.39 is 0 Å². The summed E-state index contributed by atoms with van der Waals surface area (Å²) in [6, 6.07) is 15.4. The average molecular weight is 400 g/mol. The van der Waals surface area contributed by atoms with E-state index in [1.54, 1.807) is 28.9 Å². The first-order valence-electron chi connectivity index (χ1n) is 9.73. The molecule has 4 aromatic rings. The Morgan fingerprint density at radius 3 is 2.60 bits per heavy atom. The minimum Gasteiger partial charge on any atom is -0.486 e. The molecule has 0 saturated carbocycles. The molecule has 30 heavy (non-hydrogen) atoms. The number of benzene rings is 2. The van der Waals surface area contributed by atoms with Gasteiger partial charge in [-0.25, -0.2) is 9.50 Å². The van der Waals surface area contributed by atoms with Crippen LogP contribution in [-0.2, 0) is 0 Å². The fourth-order valence-electron chi connectivity index (χ4n) is 3.69. The molecule has 7 heteroatoms. The summed E-state index contributed by atoms with van der Waals surface area (Å²) in [4.78, 5) is 17.5. The molecule has 0 unspecified atom stereocenters. The van der Waals surface area contributed by atoms with Crippen molar-refractivity contribution in [2.75, 3.05) is 18.5 Å². The second-order valence-electron chi connectivity index (χ2n) is 7.13. The zero-order chi connectivity index (χ0) is 20.7. The summed E-state index contributed by atoms with van der Waals surface area (Å²) < 4.78 is 12.8. The highest BCUT2D eigenvalue weighted by atomic mass is 16.6. The zero-order valence-electron chi connectivity index (χ0n) is 16.7. The molecule has 2 aromatic heterocycles. The maximum atomic E-state index is 12.9. The summed E-state index contributed by atoms with van der Waals surface area (Å²) in [5, 5.41) is 7.55. The van der Waals surface area contributed by atoms with Gasteiger partial charge in [0.15, 0.2) is 17.1 Å². The van der Waals surface area contributed by atoms with Gasteiger partial charge in [0.25, 0.3) is 5.91 Å². The lowest BCUT2D eigenvalue weighted by Gasteiger charge is -2.19. The Bertz CT molecular complexity index is 1260. The van der Waals surface area contributed by atoms with E-state index in [2.05, 4.69) is 15.4 Å². The van der Waals surface area contributed by atoms with E-state index in [0.29, 0.717) is 36.0 Å². The summed E-state index contributed by atoms with van der Waals surface area (Å²) in [7, 11) is 0. The van der Waals surface area contributed by atoms with Crippen molar-refractivity contribution in [2.24, 2.45) is 0 Å². The van der Waals surface area contributed by atoms with E-state index in [-0.39, 0.29) is 5.91 Å². The minimum absolute atomic E-state index is 0.256. The minimum atomic E-state index is -0.256. The first-order valence-corrected chi connectivity index (χ1v) is 9.73. The third-order valence-corrected chi connectivity index (χ3v) is 5.17. The Balaban J connectivity index is 1.49. The fourth-order valence-corrected chi connectivity index (χ4v) is 3.69. The van der Waals surface area contributed by atoms with Gasteiger partial charge in [-0.05, 0) is 31.5 Å². The topological polar surface area (TPSA) is 77.8 Å². The molecule has 0 atom stereocenters. The van der Waals surface area contributed by atoms with Crippen LogP contribution in [0.4, 0.5) is 5.69 Å². The number of fused-ring (bicyclic) bond motifs is 2. The number of nitrogens with one attached hydrogen (secondary N) is 1. The third kappa shape index (κ3) is 3.04. The van der Waals surface area contributed by atoms with Gasteiger partial charge in [0.1, 0.15) is 13.2 Å². The quantitative estimate of drug-likeness (QED) is 0.562. The monoisotopic (exact) mass is 400 g/mol. The van der Waals surface area contributed by atoms with Crippen LogP contribution in [0.15, 0.2) is 54.7 Å². The lowest BCUT2D eigenvalue weighted by Crippen LogP contribution is -2.18. The van der Waals surface area contributed by atoms with E-state index in [0.717, 1.165) is 28.2 Å². The van der Waals surface area contributed by atoms with Crippen LogP contribution in [0, 0.1) is 13.8 Å². The van der Waals surface area contributed by atoms with Gasteiger partial charge >= 0.3 is 0 Å². The second kappa shape index (κ2) is 7.18. The highest BCUT2D eigenvalue weighted by Gasteiger charge is 2.19. The first kappa shape index (κ1) is 18.2. The molecule has 5 rings (SSSR count). The predicted octanol–water partition coefficient (Wildman–Crippen LogP) is 4.04. The predicted molar refractivity (Wildman–Crippen MR) is 113 cm³/mol. The van der Waals surface area contributed by atoms with Gasteiger partial charge < -0.3 is 14.8 Å². The van der Waals surface area contributed by atoms with E-state index in [4.69, 9.17) is 9.47 Å². The number of ether oxygens (including phenoxy) is 2. The molecule has 1 amide bonds. The first-order chi connectivity index (χ1) is 14.6. The third-order valence-electron chi connectivity index (χ3n) is 5.17. The Morgan fingerprint density at radius 2 is 1.80 bits per heavy atom. The van der Waals surface area contributed by atoms with E-state index >= 15 is 0 Å². The fraction of sp³-hybridized carbons (Fsp3) is 0.174. The highest BCUT2D eigenvalue weighted by Crippen LogP contribution is 2.33. The second-order valence-corrected chi connectivity index (χ2v) is 7.13. The standard InChI is InChI=1S/C23H20N4O3/c1-14-21(16-6-4-3-5-7-16)22-24-13-18(15(2)27(22)26-14)23(28)25-17-8-9-19-20(12-17)30-11-10-29-19/h3-9,12-13H,10-11H2,1-2H3,(H,25,28). The Labute approximate surface area is 173 Å². The number of aromatic nitrogens is 3.